The fraction of sp³-hybridized carbons (Fsp3) is 0.409. The van der Waals surface area contributed by atoms with Crippen LogP contribution in [-0.2, 0) is 11.2 Å². The summed E-state index contributed by atoms with van der Waals surface area (Å²) in [6.45, 7) is 6.18. The summed E-state index contributed by atoms with van der Waals surface area (Å²) in [6.07, 6.45) is 1.94. The first-order chi connectivity index (χ1) is 12.4. The second-order valence-corrected chi connectivity index (χ2v) is 7.58. The fourth-order valence-electron chi connectivity index (χ4n) is 3.40. The standard InChI is InChI=1S/C22H27NO3/c1-15-5-11-18-19(14-22(2,3)26-20(18)13-15)23-21(24)12-8-16-6-9-17(25-4)10-7-16/h5-7,9-11,13,19H,8,12,14H2,1-4H3,(H,23,24). The van der Waals surface area contributed by atoms with E-state index in [4.69, 9.17) is 9.47 Å². The zero-order valence-corrected chi connectivity index (χ0v) is 16.0. The van der Waals surface area contributed by atoms with Gasteiger partial charge in [0.25, 0.3) is 0 Å². The van der Waals surface area contributed by atoms with E-state index in [0.717, 1.165) is 34.6 Å². The molecule has 1 unspecified atom stereocenters. The second-order valence-electron chi connectivity index (χ2n) is 7.58. The molecular formula is C22H27NO3. The van der Waals surface area contributed by atoms with Gasteiger partial charge in [0, 0.05) is 18.4 Å². The zero-order chi connectivity index (χ0) is 18.7. The van der Waals surface area contributed by atoms with Gasteiger partial charge >= 0.3 is 0 Å². The molecule has 0 fully saturated rings. The smallest absolute Gasteiger partial charge is 0.220 e. The molecule has 4 nitrogen and oxygen atoms in total. The molecule has 3 rings (SSSR count). The number of hydrogen-bond donors (Lipinski definition) is 1. The van der Waals surface area contributed by atoms with Crippen molar-refractivity contribution in [2.24, 2.45) is 0 Å². The number of methoxy groups -OCH3 is 1. The number of amides is 1. The molecule has 2 aromatic carbocycles. The third-order valence-electron chi connectivity index (χ3n) is 4.76. The van der Waals surface area contributed by atoms with Gasteiger partial charge in [-0.25, -0.2) is 0 Å². The Kier molecular flexibility index (Phi) is 5.21. The Balaban J connectivity index is 1.65. The lowest BCUT2D eigenvalue weighted by Gasteiger charge is -2.38. The molecule has 4 heteroatoms. The van der Waals surface area contributed by atoms with Crippen LogP contribution < -0.4 is 14.8 Å². The molecule has 0 saturated carbocycles. The maximum atomic E-state index is 12.5. The van der Waals surface area contributed by atoms with Gasteiger partial charge in [0.15, 0.2) is 0 Å². The van der Waals surface area contributed by atoms with Gasteiger partial charge in [-0.3, -0.25) is 4.79 Å². The van der Waals surface area contributed by atoms with Crippen molar-refractivity contribution in [1.29, 1.82) is 0 Å². The molecule has 1 aliphatic rings. The Bertz CT molecular complexity index is 780. The monoisotopic (exact) mass is 353 g/mol. The predicted molar refractivity (Wildman–Crippen MR) is 103 cm³/mol. The minimum absolute atomic E-state index is 0.0160. The molecule has 26 heavy (non-hydrogen) atoms. The summed E-state index contributed by atoms with van der Waals surface area (Å²) in [5.41, 5.74) is 3.05. The average Bonchev–Trinajstić information content (AvgIpc) is 2.59. The molecule has 1 amide bonds. The maximum Gasteiger partial charge on any atom is 0.220 e. The highest BCUT2D eigenvalue weighted by atomic mass is 16.5. The van der Waals surface area contributed by atoms with Crippen molar-refractivity contribution in [2.45, 2.75) is 51.7 Å². The summed E-state index contributed by atoms with van der Waals surface area (Å²) in [6, 6.07) is 14.0. The summed E-state index contributed by atoms with van der Waals surface area (Å²) < 4.78 is 11.3. The van der Waals surface area contributed by atoms with Gasteiger partial charge in [-0.15, -0.1) is 0 Å². The number of ether oxygens (including phenoxy) is 2. The average molecular weight is 353 g/mol. The Hall–Kier alpha value is -2.49. The normalized spacial score (nSPS) is 17.8. The molecule has 0 bridgehead atoms. The lowest BCUT2D eigenvalue weighted by molar-refractivity contribution is -0.122. The van der Waals surface area contributed by atoms with Crippen LogP contribution in [0.1, 0.15) is 49.4 Å². The number of fused-ring (bicyclic) bond motifs is 1. The molecule has 0 aromatic heterocycles. The van der Waals surface area contributed by atoms with Crippen molar-refractivity contribution in [2.75, 3.05) is 7.11 Å². The third kappa shape index (κ3) is 4.37. The molecular weight excluding hydrogens is 326 g/mol. The SMILES string of the molecule is COc1ccc(CCC(=O)NC2CC(C)(C)Oc3cc(C)ccc32)cc1. The van der Waals surface area contributed by atoms with Gasteiger partial charge in [0.2, 0.25) is 5.91 Å². The zero-order valence-electron chi connectivity index (χ0n) is 16.0. The fourth-order valence-corrected chi connectivity index (χ4v) is 3.40. The molecule has 138 valence electrons. The molecule has 2 aromatic rings. The highest BCUT2D eigenvalue weighted by Crippen LogP contribution is 2.39. The second kappa shape index (κ2) is 7.40. The summed E-state index contributed by atoms with van der Waals surface area (Å²) in [7, 11) is 1.65. The molecule has 1 aliphatic heterocycles. The first kappa shape index (κ1) is 18.3. The molecule has 1 atom stereocenters. The van der Waals surface area contributed by atoms with Crippen LogP contribution in [0.5, 0.6) is 11.5 Å². The lowest BCUT2D eigenvalue weighted by Crippen LogP contribution is -2.41. The van der Waals surface area contributed by atoms with E-state index >= 15 is 0 Å². The predicted octanol–water partition coefficient (Wildman–Crippen LogP) is 4.35. The van der Waals surface area contributed by atoms with Crippen molar-refractivity contribution < 1.29 is 14.3 Å². The van der Waals surface area contributed by atoms with Gasteiger partial charge in [-0.2, -0.15) is 0 Å². The molecule has 0 aliphatic carbocycles. The summed E-state index contributed by atoms with van der Waals surface area (Å²) in [5, 5.41) is 3.20. The van der Waals surface area contributed by atoms with E-state index in [1.165, 1.54) is 0 Å². The van der Waals surface area contributed by atoms with Gasteiger partial charge in [0.05, 0.1) is 13.2 Å². The largest absolute Gasteiger partial charge is 0.497 e. The van der Waals surface area contributed by atoms with Crippen molar-refractivity contribution in [3.63, 3.8) is 0 Å². The van der Waals surface area contributed by atoms with Crippen LogP contribution in [-0.4, -0.2) is 18.6 Å². The Morgan fingerprint density at radius 1 is 1.23 bits per heavy atom. The maximum absolute atomic E-state index is 12.5. The first-order valence-electron chi connectivity index (χ1n) is 9.08. The Morgan fingerprint density at radius 2 is 1.96 bits per heavy atom. The molecule has 1 heterocycles. The van der Waals surface area contributed by atoms with Crippen LogP contribution in [0.15, 0.2) is 42.5 Å². The molecule has 0 spiro atoms. The number of carbonyl (C=O) groups is 1. The molecule has 0 radical (unpaired) electrons. The van der Waals surface area contributed by atoms with E-state index in [0.29, 0.717) is 12.8 Å². The minimum atomic E-state index is -0.297. The van der Waals surface area contributed by atoms with Crippen molar-refractivity contribution in [1.82, 2.24) is 5.32 Å². The Morgan fingerprint density at radius 3 is 2.65 bits per heavy atom. The summed E-state index contributed by atoms with van der Waals surface area (Å²) in [5.74, 6) is 1.77. The highest BCUT2D eigenvalue weighted by molar-refractivity contribution is 5.77. The van der Waals surface area contributed by atoms with E-state index in [9.17, 15) is 4.79 Å². The topological polar surface area (TPSA) is 47.6 Å². The summed E-state index contributed by atoms with van der Waals surface area (Å²) in [4.78, 5) is 12.5. The van der Waals surface area contributed by atoms with E-state index in [-0.39, 0.29) is 17.6 Å². The van der Waals surface area contributed by atoms with Gasteiger partial charge in [0.1, 0.15) is 17.1 Å². The van der Waals surface area contributed by atoms with Crippen LogP contribution >= 0.6 is 0 Å². The molecule has 0 saturated heterocycles. The van der Waals surface area contributed by atoms with Gasteiger partial charge in [-0.1, -0.05) is 24.3 Å². The molecule has 1 N–H and O–H groups in total. The third-order valence-corrected chi connectivity index (χ3v) is 4.76. The van der Waals surface area contributed by atoms with Crippen molar-refractivity contribution in [3.05, 3.63) is 59.2 Å². The highest BCUT2D eigenvalue weighted by Gasteiger charge is 2.34. The minimum Gasteiger partial charge on any atom is -0.497 e. The number of nitrogens with one attached hydrogen (secondary N) is 1. The van der Waals surface area contributed by atoms with Crippen LogP contribution in [0, 0.1) is 6.92 Å². The van der Waals surface area contributed by atoms with Crippen LogP contribution in [0.4, 0.5) is 0 Å². The van der Waals surface area contributed by atoms with Gasteiger partial charge in [-0.05, 0) is 56.5 Å². The van der Waals surface area contributed by atoms with Gasteiger partial charge < -0.3 is 14.8 Å². The van der Waals surface area contributed by atoms with E-state index in [1.54, 1.807) is 7.11 Å². The van der Waals surface area contributed by atoms with Crippen molar-refractivity contribution in [3.8, 4) is 11.5 Å². The summed E-state index contributed by atoms with van der Waals surface area (Å²) >= 11 is 0. The first-order valence-corrected chi connectivity index (χ1v) is 9.08. The van der Waals surface area contributed by atoms with E-state index in [2.05, 4.69) is 31.3 Å². The Labute approximate surface area is 155 Å². The van der Waals surface area contributed by atoms with Crippen LogP contribution in [0.25, 0.3) is 0 Å². The van der Waals surface area contributed by atoms with Crippen LogP contribution in [0.2, 0.25) is 0 Å². The van der Waals surface area contributed by atoms with E-state index < -0.39 is 0 Å². The lowest BCUT2D eigenvalue weighted by atomic mass is 9.89. The quantitative estimate of drug-likeness (QED) is 0.869. The van der Waals surface area contributed by atoms with Crippen LogP contribution in [0.3, 0.4) is 0 Å². The number of carbonyl (C=O) groups excluding carboxylic acids is 1. The number of hydrogen-bond acceptors (Lipinski definition) is 3. The van der Waals surface area contributed by atoms with E-state index in [1.807, 2.05) is 37.3 Å². The number of benzene rings is 2. The number of rotatable bonds is 5. The number of aryl methyl sites for hydroxylation is 2. The van der Waals surface area contributed by atoms with Crippen molar-refractivity contribution >= 4 is 5.91 Å².